The molecular formula is C17H14BrNO4. The van der Waals surface area contributed by atoms with Crippen LogP contribution in [0.2, 0.25) is 0 Å². The van der Waals surface area contributed by atoms with Crippen molar-refractivity contribution in [2.75, 3.05) is 6.54 Å². The molecule has 1 aliphatic heterocycles. The predicted molar refractivity (Wildman–Crippen MR) is 88.2 cm³/mol. The summed E-state index contributed by atoms with van der Waals surface area (Å²) in [7, 11) is 0. The Bertz CT molecular complexity index is 792. The fourth-order valence-electron chi connectivity index (χ4n) is 3.13. The average Bonchev–Trinajstić information content (AvgIpc) is 2.78. The molecule has 5 nitrogen and oxygen atoms in total. The second-order valence-electron chi connectivity index (χ2n) is 5.68. The minimum absolute atomic E-state index is 0.359. The number of para-hydroxylation sites is 1. The molecule has 0 saturated heterocycles. The molecule has 23 heavy (non-hydrogen) atoms. The van der Waals surface area contributed by atoms with Crippen molar-refractivity contribution in [3.63, 3.8) is 0 Å². The molecule has 6 heteroatoms. The Morgan fingerprint density at radius 3 is 2.57 bits per heavy atom. The molecule has 0 aromatic heterocycles. The highest BCUT2D eigenvalue weighted by molar-refractivity contribution is 9.10. The van der Waals surface area contributed by atoms with Gasteiger partial charge < -0.3 is 4.74 Å². The van der Waals surface area contributed by atoms with Gasteiger partial charge in [0.25, 0.3) is 0 Å². The molecule has 2 aromatic rings. The van der Waals surface area contributed by atoms with Gasteiger partial charge in [-0.05, 0) is 24.6 Å². The normalized spacial score (nSPS) is 20.7. The van der Waals surface area contributed by atoms with Crippen molar-refractivity contribution in [2.45, 2.75) is 18.3 Å². The van der Waals surface area contributed by atoms with Gasteiger partial charge in [0, 0.05) is 15.0 Å². The Morgan fingerprint density at radius 2 is 1.87 bits per heavy atom. The van der Waals surface area contributed by atoms with E-state index in [1.807, 2.05) is 24.3 Å². The van der Waals surface area contributed by atoms with Crippen molar-refractivity contribution >= 4 is 21.9 Å². The molecule has 0 saturated carbocycles. The molecule has 0 radical (unpaired) electrons. The molecule has 0 bridgehead atoms. The second-order valence-corrected chi connectivity index (χ2v) is 6.53. The summed E-state index contributed by atoms with van der Waals surface area (Å²) in [6.07, 6.45) is 0. The van der Waals surface area contributed by atoms with Gasteiger partial charge >= 0.3 is 5.97 Å². The number of esters is 1. The molecule has 1 heterocycles. The number of rotatable bonds is 4. The standard InChI is InChI=1S/C17H14BrNO4/c1-17(12-7-3-5-9-15(12)23-16(17)20)13(10-19(21)22)11-6-2-4-8-14(11)18/h2-9,13H,10H2,1H3/t13-,17-/m0/s1. The van der Waals surface area contributed by atoms with Crippen molar-refractivity contribution < 1.29 is 14.5 Å². The maximum Gasteiger partial charge on any atom is 0.322 e. The largest absolute Gasteiger partial charge is 0.426 e. The maximum absolute atomic E-state index is 12.6. The summed E-state index contributed by atoms with van der Waals surface area (Å²) in [4.78, 5) is 23.5. The van der Waals surface area contributed by atoms with Crippen LogP contribution in [0.3, 0.4) is 0 Å². The third-order valence-corrected chi connectivity index (χ3v) is 5.10. The summed E-state index contributed by atoms with van der Waals surface area (Å²) in [5.41, 5.74) is 0.307. The summed E-state index contributed by atoms with van der Waals surface area (Å²) in [5, 5.41) is 11.3. The van der Waals surface area contributed by atoms with Crippen molar-refractivity contribution in [1.29, 1.82) is 0 Å². The molecule has 0 unspecified atom stereocenters. The number of hydrogen-bond acceptors (Lipinski definition) is 4. The van der Waals surface area contributed by atoms with E-state index in [1.54, 1.807) is 31.2 Å². The van der Waals surface area contributed by atoms with E-state index in [2.05, 4.69) is 15.9 Å². The zero-order valence-corrected chi connectivity index (χ0v) is 13.9. The number of benzene rings is 2. The zero-order valence-electron chi connectivity index (χ0n) is 12.4. The lowest BCUT2D eigenvalue weighted by Gasteiger charge is -2.29. The number of nitro groups is 1. The molecule has 118 valence electrons. The van der Waals surface area contributed by atoms with Gasteiger partial charge in [-0.2, -0.15) is 0 Å². The first-order valence-electron chi connectivity index (χ1n) is 7.12. The zero-order chi connectivity index (χ0) is 16.6. The van der Waals surface area contributed by atoms with Crippen molar-refractivity contribution in [1.82, 2.24) is 0 Å². The number of halogens is 1. The lowest BCUT2D eigenvalue weighted by atomic mass is 9.69. The molecule has 0 spiro atoms. The first kappa shape index (κ1) is 15.7. The van der Waals surface area contributed by atoms with E-state index >= 15 is 0 Å². The van der Waals surface area contributed by atoms with Gasteiger partial charge in [0.1, 0.15) is 11.2 Å². The quantitative estimate of drug-likeness (QED) is 0.353. The highest BCUT2D eigenvalue weighted by Gasteiger charge is 2.53. The Hall–Kier alpha value is -2.21. The predicted octanol–water partition coefficient (Wildman–Crippen LogP) is 3.69. The summed E-state index contributed by atoms with van der Waals surface area (Å²) in [5.74, 6) is -0.620. The van der Waals surface area contributed by atoms with Crippen LogP contribution in [-0.2, 0) is 10.2 Å². The molecule has 1 aliphatic rings. The maximum atomic E-state index is 12.6. The molecule has 0 amide bonds. The van der Waals surface area contributed by atoms with Gasteiger partial charge in [-0.25, -0.2) is 0 Å². The van der Waals surface area contributed by atoms with Crippen LogP contribution in [0.5, 0.6) is 5.75 Å². The number of carbonyl (C=O) groups excluding carboxylic acids is 1. The van der Waals surface area contributed by atoms with Crippen molar-refractivity contribution in [2.24, 2.45) is 0 Å². The van der Waals surface area contributed by atoms with E-state index in [9.17, 15) is 14.9 Å². The van der Waals surface area contributed by atoms with Crippen LogP contribution >= 0.6 is 15.9 Å². The summed E-state index contributed by atoms with van der Waals surface area (Å²) in [6.45, 7) is 1.36. The number of carbonyl (C=O) groups is 1. The van der Waals surface area contributed by atoms with Crippen LogP contribution in [-0.4, -0.2) is 17.4 Å². The van der Waals surface area contributed by atoms with Crippen LogP contribution in [0.15, 0.2) is 53.0 Å². The van der Waals surface area contributed by atoms with E-state index in [0.717, 1.165) is 10.0 Å². The van der Waals surface area contributed by atoms with Crippen LogP contribution in [0.1, 0.15) is 24.0 Å². The van der Waals surface area contributed by atoms with E-state index in [-0.39, 0.29) is 11.5 Å². The van der Waals surface area contributed by atoms with Crippen LogP contribution in [0.25, 0.3) is 0 Å². The van der Waals surface area contributed by atoms with Crippen molar-refractivity contribution in [3.8, 4) is 5.75 Å². The van der Waals surface area contributed by atoms with Crippen LogP contribution in [0.4, 0.5) is 0 Å². The summed E-state index contributed by atoms with van der Waals surface area (Å²) >= 11 is 3.44. The number of hydrogen-bond donors (Lipinski definition) is 0. The summed E-state index contributed by atoms with van der Waals surface area (Å²) in [6, 6.07) is 14.4. The van der Waals surface area contributed by atoms with Crippen molar-refractivity contribution in [3.05, 3.63) is 74.2 Å². The van der Waals surface area contributed by atoms with Crippen LogP contribution in [0, 0.1) is 10.1 Å². The SMILES string of the molecule is C[C@]1([C@@H](C[N+](=O)[O-])c2ccccc2Br)C(=O)Oc2ccccc21. The fourth-order valence-corrected chi connectivity index (χ4v) is 3.69. The first-order valence-corrected chi connectivity index (χ1v) is 7.92. The number of fused-ring (bicyclic) bond motifs is 1. The second kappa shape index (κ2) is 5.77. The van der Waals surface area contributed by atoms with Gasteiger partial charge in [-0.3, -0.25) is 14.9 Å². The minimum Gasteiger partial charge on any atom is -0.426 e. The van der Waals surface area contributed by atoms with E-state index < -0.39 is 17.3 Å². The summed E-state index contributed by atoms with van der Waals surface area (Å²) < 4.78 is 6.11. The molecule has 0 aliphatic carbocycles. The van der Waals surface area contributed by atoms with Crippen LogP contribution < -0.4 is 4.74 Å². The van der Waals surface area contributed by atoms with Gasteiger partial charge in [0.2, 0.25) is 6.54 Å². The average molecular weight is 376 g/mol. The molecule has 3 rings (SSSR count). The minimum atomic E-state index is -1.10. The Morgan fingerprint density at radius 1 is 1.22 bits per heavy atom. The Labute approximate surface area is 141 Å². The Kier molecular flexibility index (Phi) is 3.93. The van der Waals surface area contributed by atoms with Gasteiger partial charge in [0.15, 0.2) is 0 Å². The topological polar surface area (TPSA) is 69.4 Å². The fraction of sp³-hybridized carbons (Fsp3) is 0.235. The van der Waals surface area contributed by atoms with E-state index in [0.29, 0.717) is 11.3 Å². The van der Waals surface area contributed by atoms with Gasteiger partial charge in [-0.1, -0.05) is 52.3 Å². The highest BCUT2D eigenvalue weighted by atomic mass is 79.9. The van der Waals surface area contributed by atoms with E-state index in [4.69, 9.17) is 4.74 Å². The monoisotopic (exact) mass is 375 g/mol. The third-order valence-electron chi connectivity index (χ3n) is 4.38. The number of ether oxygens (including phenoxy) is 1. The third kappa shape index (κ3) is 2.53. The highest BCUT2D eigenvalue weighted by Crippen LogP contribution is 2.49. The molecule has 2 aromatic carbocycles. The van der Waals surface area contributed by atoms with E-state index in [1.165, 1.54) is 0 Å². The molecule has 0 fully saturated rings. The smallest absolute Gasteiger partial charge is 0.322 e. The lowest BCUT2D eigenvalue weighted by Crippen LogP contribution is -2.40. The Balaban J connectivity index is 2.19. The first-order chi connectivity index (χ1) is 10.9. The molecule has 0 N–H and O–H groups in total. The molecular weight excluding hydrogens is 362 g/mol. The van der Waals surface area contributed by atoms with Gasteiger partial charge in [0.05, 0.1) is 5.92 Å². The van der Waals surface area contributed by atoms with Gasteiger partial charge in [-0.15, -0.1) is 0 Å². The lowest BCUT2D eigenvalue weighted by molar-refractivity contribution is -0.484. The number of nitrogens with zero attached hydrogens (tertiary/aromatic N) is 1. The molecule has 2 atom stereocenters.